The topological polar surface area (TPSA) is 86.7 Å². The first kappa shape index (κ1) is 16.9. The van der Waals surface area contributed by atoms with Gasteiger partial charge in [-0.05, 0) is 24.6 Å². The summed E-state index contributed by atoms with van der Waals surface area (Å²) in [4.78, 5) is 30.8. The summed E-state index contributed by atoms with van der Waals surface area (Å²) >= 11 is 1.30. The maximum atomic E-state index is 13.3. The van der Waals surface area contributed by atoms with Crippen LogP contribution in [0.2, 0.25) is 0 Å². The molecule has 140 valence electrons. The van der Waals surface area contributed by atoms with Crippen molar-refractivity contribution in [3.05, 3.63) is 85.4 Å². The summed E-state index contributed by atoms with van der Waals surface area (Å²) in [7, 11) is 0. The third-order valence-corrected chi connectivity index (χ3v) is 6.27. The van der Waals surface area contributed by atoms with Crippen molar-refractivity contribution >= 4 is 23.3 Å². The molecule has 2 N–H and O–H groups in total. The van der Waals surface area contributed by atoms with Crippen molar-refractivity contribution in [1.29, 1.82) is 0 Å². The first-order valence-corrected chi connectivity index (χ1v) is 9.75. The fraction of sp³-hybridized carbons (Fsp3) is 0.190. The number of nitrogens with zero attached hydrogens (tertiary/aromatic N) is 2. The second-order valence-corrected chi connectivity index (χ2v) is 8.12. The standard InChI is InChI=1S/C21H17N3O3S/c1-21-16(18(22)25)17(13-9-5-6-10-14(13)27-21)24-19(26)15(28-20(24)23-21)11-12-7-3-2-4-8-12/h2-11,16-17H,1H3,(H2,22,25). The zero-order valence-electron chi connectivity index (χ0n) is 15.0. The first-order chi connectivity index (χ1) is 13.5. The summed E-state index contributed by atoms with van der Waals surface area (Å²) < 4.78 is 8.25. The van der Waals surface area contributed by atoms with E-state index < -0.39 is 23.6 Å². The number of ether oxygens (including phenoxy) is 1. The van der Waals surface area contributed by atoms with Crippen LogP contribution in [0.5, 0.6) is 5.75 Å². The van der Waals surface area contributed by atoms with Gasteiger partial charge >= 0.3 is 0 Å². The molecule has 7 heteroatoms. The average molecular weight is 391 g/mol. The number of primary amides is 1. The van der Waals surface area contributed by atoms with Crippen LogP contribution in [0.15, 0.2) is 64.4 Å². The molecule has 3 atom stereocenters. The van der Waals surface area contributed by atoms with Crippen molar-refractivity contribution < 1.29 is 9.53 Å². The Morgan fingerprint density at radius 2 is 1.93 bits per heavy atom. The number of benzene rings is 2. The normalized spacial score (nSPS) is 25.2. The van der Waals surface area contributed by atoms with Crippen LogP contribution in [0.1, 0.15) is 24.1 Å². The molecule has 3 heterocycles. The molecule has 0 saturated heterocycles. The Balaban J connectivity index is 1.83. The highest BCUT2D eigenvalue weighted by atomic mass is 32.1. The minimum atomic E-state index is -1.15. The maximum Gasteiger partial charge on any atom is 0.270 e. The summed E-state index contributed by atoms with van der Waals surface area (Å²) in [5.41, 5.74) is 6.11. The van der Waals surface area contributed by atoms with Gasteiger partial charge in [-0.25, -0.2) is 4.99 Å². The first-order valence-electron chi connectivity index (χ1n) is 8.93. The number of carbonyl (C=O) groups is 1. The van der Waals surface area contributed by atoms with Crippen molar-refractivity contribution in [2.24, 2.45) is 16.6 Å². The summed E-state index contributed by atoms with van der Waals surface area (Å²) in [6.45, 7) is 1.75. The smallest absolute Gasteiger partial charge is 0.270 e. The summed E-state index contributed by atoms with van der Waals surface area (Å²) in [5, 5.41) is 0. The molecule has 2 aromatic carbocycles. The van der Waals surface area contributed by atoms with Crippen molar-refractivity contribution in [1.82, 2.24) is 4.57 Å². The monoisotopic (exact) mass is 391 g/mol. The van der Waals surface area contributed by atoms with Gasteiger partial charge < -0.3 is 10.5 Å². The number of nitrogens with two attached hydrogens (primary N) is 1. The van der Waals surface area contributed by atoms with E-state index in [1.807, 2.05) is 60.7 Å². The van der Waals surface area contributed by atoms with Gasteiger partial charge in [0, 0.05) is 5.56 Å². The van der Waals surface area contributed by atoms with E-state index in [0.717, 1.165) is 11.1 Å². The van der Waals surface area contributed by atoms with Crippen LogP contribution < -0.4 is 25.4 Å². The van der Waals surface area contributed by atoms with Gasteiger partial charge in [-0.1, -0.05) is 59.9 Å². The van der Waals surface area contributed by atoms with Crippen LogP contribution in [0.3, 0.4) is 0 Å². The molecule has 0 fully saturated rings. The fourth-order valence-electron chi connectivity index (χ4n) is 4.08. The van der Waals surface area contributed by atoms with Crippen LogP contribution in [-0.2, 0) is 4.79 Å². The lowest BCUT2D eigenvalue weighted by Gasteiger charge is -2.44. The average Bonchev–Trinajstić information content (AvgIpc) is 2.95. The summed E-state index contributed by atoms with van der Waals surface area (Å²) in [6.07, 6.45) is 1.84. The molecule has 0 saturated carbocycles. The van der Waals surface area contributed by atoms with Gasteiger partial charge in [0.05, 0.1) is 10.6 Å². The third-order valence-electron chi connectivity index (χ3n) is 5.28. The van der Waals surface area contributed by atoms with E-state index in [1.54, 1.807) is 11.5 Å². The molecular weight excluding hydrogens is 374 g/mol. The highest BCUT2D eigenvalue weighted by Gasteiger charge is 2.54. The van der Waals surface area contributed by atoms with Crippen molar-refractivity contribution in [3.8, 4) is 5.75 Å². The molecule has 3 unspecified atom stereocenters. The van der Waals surface area contributed by atoms with E-state index >= 15 is 0 Å². The van der Waals surface area contributed by atoms with Crippen LogP contribution in [-0.4, -0.2) is 16.2 Å². The Bertz CT molecular complexity index is 1280. The molecule has 1 amide bonds. The van der Waals surface area contributed by atoms with E-state index in [9.17, 15) is 9.59 Å². The second-order valence-electron chi connectivity index (χ2n) is 7.11. The van der Waals surface area contributed by atoms with E-state index in [4.69, 9.17) is 10.5 Å². The van der Waals surface area contributed by atoms with Crippen LogP contribution in [0.25, 0.3) is 6.08 Å². The Morgan fingerprint density at radius 1 is 1.21 bits per heavy atom. The van der Waals surface area contributed by atoms with Gasteiger partial charge in [0.25, 0.3) is 5.56 Å². The number of para-hydroxylation sites is 1. The van der Waals surface area contributed by atoms with Gasteiger partial charge in [0.2, 0.25) is 11.6 Å². The minimum absolute atomic E-state index is 0.178. The van der Waals surface area contributed by atoms with E-state index in [-0.39, 0.29) is 5.56 Å². The lowest BCUT2D eigenvalue weighted by Crippen LogP contribution is -2.59. The van der Waals surface area contributed by atoms with Crippen LogP contribution in [0.4, 0.5) is 0 Å². The molecule has 2 aliphatic heterocycles. The Kier molecular flexibility index (Phi) is 3.57. The van der Waals surface area contributed by atoms with Gasteiger partial charge in [-0.15, -0.1) is 0 Å². The zero-order chi connectivity index (χ0) is 19.5. The molecule has 1 aromatic heterocycles. The number of hydrogen-bond acceptors (Lipinski definition) is 5. The summed E-state index contributed by atoms with van der Waals surface area (Å²) in [6, 6.07) is 16.5. The highest BCUT2D eigenvalue weighted by molar-refractivity contribution is 7.07. The lowest BCUT2D eigenvalue weighted by atomic mass is 9.81. The molecule has 2 aliphatic rings. The Hall–Kier alpha value is -3.19. The molecule has 5 rings (SSSR count). The largest absolute Gasteiger partial charge is 0.465 e. The highest BCUT2D eigenvalue weighted by Crippen LogP contribution is 2.46. The van der Waals surface area contributed by atoms with Gasteiger partial charge in [0.15, 0.2) is 4.80 Å². The van der Waals surface area contributed by atoms with E-state index in [2.05, 4.69) is 4.99 Å². The molecular formula is C21H17N3O3S. The predicted octanol–water partition coefficient (Wildman–Crippen LogP) is 1.17. The van der Waals surface area contributed by atoms with Gasteiger partial charge in [0.1, 0.15) is 11.7 Å². The fourth-order valence-corrected chi connectivity index (χ4v) is 5.18. The maximum absolute atomic E-state index is 13.3. The lowest BCUT2D eigenvalue weighted by molar-refractivity contribution is -0.133. The number of fused-ring (bicyclic) bond motifs is 6. The number of rotatable bonds is 2. The Morgan fingerprint density at radius 3 is 2.68 bits per heavy atom. The zero-order valence-corrected chi connectivity index (χ0v) is 15.8. The van der Waals surface area contributed by atoms with Crippen LogP contribution >= 0.6 is 11.3 Å². The molecule has 0 radical (unpaired) electrons. The van der Waals surface area contributed by atoms with Crippen molar-refractivity contribution in [3.63, 3.8) is 0 Å². The number of aromatic nitrogens is 1. The molecule has 2 bridgehead atoms. The Labute approximate surface area is 164 Å². The minimum Gasteiger partial charge on any atom is -0.465 e. The van der Waals surface area contributed by atoms with Gasteiger partial charge in [-0.3, -0.25) is 14.2 Å². The number of carbonyl (C=O) groups excluding carboxylic acids is 1. The predicted molar refractivity (Wildman–Crippen MR) is 106 cm³/mol. The van der Waals surface area contributed by atoms with Crippen LogP contribution in [0, 0.1) is 5.92 Å². The quantitative estimate of drug-likeness (QED) is 0.712. The molecule has 0 spiro atoms. The van der Waals surface area contributed by atoms with Gasteiger partial charge in [-0.2, -0.15) is 0 Å². The number of amides is 1. The molecule has 0 aliphatic carbocycles. The van der Waals surface area contributed by atoms with Crippen molar-refractivity contribution in [2.75, 3.05) is 0 Å². The summed E-state index contributed by atoms with van der Waals surface area (Å²) in [5.74, 6) is -0.691. The third kappa shape index (κ3) is 2.36. The van der Waals surface area contributed by atoms with E-state index in [1.165, 1.54) is 11.3 Å². The molecule has 3 aromatic rings. The SMILES string of the molecule is CC12N=c3sc(=Cc4ccccc4)c(=O)n3C(c3ccccc3O1)C2C(N)=O. The van der Waals surface area contributed by atoms with E-state index in [0.29, 0.717) is 15.1 Å². The molecule has 28 heavy (non-hydrogen) atoms. The number of thiazole rings is 1. The second kappa shape index (κ2) is 5.90. The number of hydrogen-bond donors (Lipinski definition) is 1. The molecule has 6 nitrogen and oxygen atoms in total. The van der Waals surface area contributed by atoms with Crippen molar-refractivity contribution in [2.45, 2.75) is 18.7 Å².